The summed E-state index contributed by atoms with van der Waals surface area (Å²) in [5.74, 6) is -1.13. The van der Waals surface area contributed by atoms with Crippen molar-refractivity contribution in [3.63, 3.8) is 0 Å². The summed E-state index contributed by atoms with van der Waals surface area (Å²) in [4.78, 5) is 24.8. The molecule has 2 aliphatic rings. The average molecular weight is 355 g/mol. The maximum Gasteiger partial charge on any atom is 0.228 e. The van der Waals surface area contributed by atoms with Crippen LogP contribution in [0.15, 0.2) is 65.6 Å². The molecule has 0 spiro atoms. The molecule has 2 aromatic carbocycles. The fourth-order valence-corrected chi connectivity index (χ4v) is 5.94. The highest BCUT2D eigenvalue weighted by Gasteiger charge is 2.70. The molecular formula is C19H17NO4S. The van der Waals surface area contributed by atoms with Crippen molar-refractivity contribution >= 4 is 21.5 Å². The van der Waals surface area contributed by atoms with Crippen LogP contribution < -0.4 is 0 Å². The number of β-lactam (4-membered cyclic amide) rings is 1. The van der Waals surface area contributed by atoms with Gasteiger partial charge in [0.1, 0.15) is 0 Å². The first-order valence-corrected chi connectivity index (χ1v) is 9.63. The van der Waals surface area contributed by atoms with Crippen LogP contribution in [0.5, 0.6) is 0 Å². The predicted octanol–water partition coefficient (Wildman–Crippen LogP) is 1.83. The fraction of sp³-hybridized carbons (Fsp3) is 0.263. The Hall–Kier alpha value is -2.47. The highest BCUT2D eigenvalue weighted by atomic mass is 32.2. The summed E-state index contributed by atoms with van der Waals surface area (Å²) < 4.78 is 26.3. The third kappa shape index (κ3) is 2.17. The lowest BCUT2D eigenvalue weighted by atomic mass is 9.93. The number of Topliss-reactive ketones (excluding diaryl/α,β-unsaturated/α-hetero) is 1. The van der Waals surface area contributed by atoms with E-state index in [4.69, 9.17) is 0 Å². The zero-order valence-corrected chi connectivity index (χ0v) is 14.3. The number of amides is 1. The lowest BCUT2D eigenvalue weighted by molar-refractivity contribution is -0.150. The predicted molar refractivity (Wildman–Crippen MR) is 91.3 cm³/mol. The van der Waals surface area contributed by atoms with Crippen molar-refractivity contribution in [3.05, 3.63) is 66.2 Å². The Kier molecular flexibility index (Phi) is 3.54. The number of carbonyl (C=O) groups is 2. The molecular weight excluding hydrogens is 338 g/mol. The third-order valence-electron chi connectivity index (χ3n) is 5.11. The molecule has 0 saturated carbocycles. The largest absolute Gasteiger partial charge is 0.315 e. The van der Waals surface area contributed by atoms with E-state index < -0.39 is 20.6 Å². The average Bonchev–Trinajstić information content (AvgIpc) is 2.85. The highest BCUT2D eigenvalue weighted by molar-refractivity contribution is 7.93. The van der Waals surface area contributed by atoms with E-state index >= 15 is 0 Å². The normalized spacial score (nSPS) is 25.6. The second-order valence-corrected chi connectivity index (χ2v) is 8.69. The van der Waals surface area contributed by atoms with Crippen LogP contribution in [0.1, 0.15) is 12.0 Å². The summed E-state index contributed by atoms with van der Waals surface area (Å²) in [6.45, 7) is 0.165. The van der Waals surface area contributed by atoms with E-state index in [2.05, 4.69) is 0 Å². The van der Waals surface area contributed by atoms with Crippen LogP contribution in [0.25, 0.3) is 0 Å². The SMILES string of the molecule is O=C1CC2(S(=O)(=O)c3ccccc3)C(=O)C(Cc3ccccc3)CN12. The molecule has 0 N–H and O–H groups in total. The molecule has 6 heteroatoms. The van der Waals surface area contributed by atoms with Crippen LogP contribution in [0.2, 0.25) is 0 Å². The van der Waals surface area contributed by atoms with Crippen molar-refractivity contribution in [2.45, 2.75) is 22.6 Å². The molecule has 2 heterocycles. The monoisotopic (exact) mass is 355 g/mol. The third-order valence-corrected chi connectivity index (χ3v) is 7.46. The van der Waals surface area contributed by atoms with Gasteiger partial charge in [-0.05, 0) is 24.1 Å². The van der Waals surface area contributed by atoms with E-state index in [1.807, 2.05) is 30.3 Å². The zero-order chi connectivity index (χ0) is 17.7. The standard InChI is InChI=1S/C19H17NO4S/c21-17-12-19(25(23,24)16-9-5-2-6-10-16)18(22)15(13-20(17)19)11-14-7-3-1-4-8-14/h1-10,15H,11-13H2. The van der Waals surface area contributed by atoms with Crippen LogP contribution in [0.3, 0.4) is 0 Å². The van der Waals surface area contributed by atoms with E-state index in [9.17, 15) is 18.0 Å². The number of fused-ring (bicyclic) bond motifs is 1. The summed E-state index contributed by atoms with van der Waals surface area (Å²) in [7, 11) is -3.95. The molecule has 0 aliphatic carbocycles. The Morgan fingerprint density at radius 2 is 1.56 bits per heavy atom. The minimum absolute atomic E-state index is 0.0845. The molecule has 2 saturated heterocycles. The summed E-state index contributed by atoms with van der Waals surface area (Å²) in [6, 6.07) is 17.4. The van der Waals surface area contributed by atoms with Crippen molar-refractivity contribution in [2.24, 2.45) is 5.92 Å². The summed E-state index contributed by atoms with van der Waals surface area (Å²) >= 11 is 0. The van der Waals surface area contributed by atoms with Gasteiger partial charge in [0, 0.05) is 12.5 Å². The Balaban J connectivity index is 1.72. The van der Waals surface area contributed by atoms with Crippen LogP contribution in [0, 0.1) is 5.92 Å². The molecule has 25 heavy (non-hydrogen) atoms. The topological polar surface area (TPSA) is 71.5 Å². The second-order valence-electron chi connectivity index (χ2n) is 6.53. The number of hydrogen-bond donors (Lipinski definition) is 0. The molecule has 0 radical (unpaired) electrons. The van der Waals surface area contributed by atoms with Crippen LogP contribution in [-0.4, -0.2) is 36.4 Å². The smallest absolute Gasteiger partial charge is 0.228 e. The van der Waals surface area contributed by atoms with Gasteiger partial charge in [0.2, 0.25) is 20.6 Å². The van der Waals surface area contributed by atoms with Gasteiger partial charge in [-0.15, -0.1) is 0 Å². The Morgan fingerprint density at radius 3 is 2.16 bits per heavy atom. The van der Waals surface area contributed by atoms with Gasteiger partial charge in [0.15, 0.2) is 5.78 Å². The van der Waals surface area contributed by atoms with E-state index in [0.29, 0.717) is 6.42 Å². The first-order valence-electron chi connectivity index (χ1n) is 8.15. The fourth-order valence-electron chi connectivity index (χ4n) is 3.82. The quantitative estimate of drug-likeness (QED) is 0.785. The Morgan fingerprint density at radius 1 is 0.960 bits per heavy atom. The van der Waals surface area contributed by atoms with Gasteiger partial charge in [-0.25, -0.2) is 8.42 Å². The molecule has 1 amide bonds. The molecule has 2 aliphatic heterocycles. The van der Waals surface area contributed by atoms with Gasteiger partial charge in [-0.2, -0.15) is 0 Å². The Bertz CT molecular complexity index is 940. The van der Waals surface area contributed by atoms with Gasteiger partial charge in [0.25, 0.3) is 0 Å². The maximum atomic E-state index is 13.2. The molecule has 2 unspecified atom stereocenters. The maximum absolute atomic E-state index is 13.2. The summed E-state index contributed by atoms with van der Waals surface area (Å²) in [5, 5.41) is 0. The van der Waals surface area contributed by atoms with Crippen LogP contribution >= 0.6 is 0 Å². The molecule has 0 bridgehead atoms. The van der Waals surface area contributed by atoms with Crippen LogP contribution in [0.4, 0.5) is 0 Å². The van der Waals surface area contributed by atoms with E-state index in [1.165, 1.54) is 17.0 Å². The number of ketones is 1. The number of benzene rings is 2. The molecule has 0 aromatic heterocycles. The second kappa shape index (κ2) is 5.52. The number of nitrogens with zero attached hydrogens (tertiary/aromatic N) is 1. The number of rotatable bonds is 4. The Labute approximate surface area is 146 Å². The van der Waals surface area contributed by atoms with Gasteiger partial charge >= 0.3 is 0 Å². The molecule has 2 fully saturated rings. The van der Waals surface area contributed by atoms with Gasteiger partial charge in [-0.1, -0.05) is 48.5 Å². The zero-order valence-electron chi connectivity index (χ0n) is 13.5. The lowest BCUT2D eigenvalue weighted by Gasteiger charge is -2.44. The van der Waals surface area contributed by atoms with E-state index in [1.54, 1.807) is 18.2 Å². The first-order chi connectivity index (χ1) is 12.0. The number of hydrogen-bond acceptors (Lipinski definition) is 4. The minimum atomic E-state index is -3.95. The van der Waals surface area contributed by atoms with Crippen molar-refractivity contribution in [1.82, 2.24) is 4.90 Å². The van der Waals surface area contributed by atoms with Crippen molar-refractivity contribution in [2.75, 3.05) is 6.54 Å². The van der Waals surface area contributed by atoms with Crippen LogP contribution in [-0.2, 0) is 25.8 Å². The van der Waals surface area contributed by atoms with Crippen molar-refractivity contribution in [1.29, 1.82) is 0 Å². The summed E-state index contributed by atoms with van der Waals surface area (Å²) in [6.07, 6.45) is 0.184. The van der Waals surface area contributed by atoms with E-state index in [-0.39, 0.29) is 29.6 Å². The van der Waals surface area contributed by atoms with Crippen molar-refractivity contribution in [3.8, 4) is 0 Å². The molecule has 5 nitrogen and oxygen atoms in total. The first kappa shape index (κ1) is 16.0. The van der Waals surface area contributed by atoms with Gasteiger partial charge in [-0.3, -0.25) is 9.59 Å². The molecule has 2 atom stereocenters. The van der Waals surface area contributed by atoms with Gasteiger partial charge < -0.3 is 4.90 Å². The number of carbonyl (C=O) groups excluding carboxylic acids is 2. The van der Waals surface area contributed by atoms with Gasteiger partial charge in [0.05, 0.1) is 11.3 Å². The molecule has 128 valence electrons. The number of sulfone groups is 1. The van der Waals surface area contributed by atoms with Crippen molar-refractivity contribution < 1.29 is 18.0 Å². The lowest BCUT2D eigenvalue weighted by Crippen LogP contribution is -2.67. The minimum Gasteiger partial charge on any atom is -0.315 e. The van der Waals surface area contributed by atoms with E-state index in [0.717, 1.165) is 5.56 Å². The molecule has 4 rings (SSSR count). The molecule has 2 aromatic rings. The highest BCUT2D eigenvalue weighted by Crippen LogP contribution is 2.48. The summed E-state index contributed by atoms with van der Waals surface area (Å²) in [5.41, 5.74) is 0.961.